The van der Waals surface area contributed by atoms with Gasteiger partial charge in [0.15, 0.2) is 5.82 Å². The van der Waals surface area contributed by atoms with E-state index in [0.29, 0.717) is 19.6 Å². The van der Waals surface area contributed by atoms with Gasteiger partial charge in [-0.25, -0.2) is 24.1 Å². The van der Waals surface area contributed by atoms with Gasteiger partial charge in [-0.15, -0.1) is 0 Å². The lowest BCUT2D eigenvalue weighted by Gasteiger charge is -2.24. The number of carbonyl (C=O) groups is 1. The molecule has 1 atom stereocenters. The van der Waals surface area contributed by atoms with Crippen molar-refractivity contribution >= 4 is 17.7 Å². The van der Waals surface area contributed by atoms with Crippen LogP contribution < -0.4 is 10.6 Å². The normalized spacial score (nSPS) is 13.9. The maximum atomic E-state index is 13.0. The number of fused-ring (bicyclic) bond motifs is 1. The van der Waals surface area contributed by atoms with Gasteiger partial charge in [0.1, 0.15) is 11.9 Å². The fraction of sp³-hybridized carbons (Fsp3) is 0.565. The predicted octanol–water partition coefficient (Wildman–Crippen LogP) is 2.60. The monoisotopic (exact) mass is 460 g/mol. The lowest BCUT2D eigenvalue weighted by Crippen LogP contribution is -2.37. The van der Waals surface area contributed by atoms with E-state index in [1.165, 1.54) is 5.56 Å². The second-order valence-corrected chi connectivity index (χ2v) is 8.18. The number of halogens is 1. The van der Waals surface area contributed by atoms with Crippen LogP contribution in [-0.2, 0) is 22.4 Å². The van der Waals surface area contributed by atoms with Crippen molar-refractivity contribution in [1.29, 1.82) is 0 Å². The number of rotatable bonds is 14. The van der Waals surface area contributed by atoms with Gasteiger partial charge in [-0.1, -0.05) is 6.07 Å². The summed E-state index contributed by atoms with van der Waals surface area (Å²) >= 11 is 0. The molecule has 180 valence electrons. The SMILES string of the molecule is COCCN(CCCCc1ccc2c(n1)NCCC2)CCC(Nc1ncc(F)cn1)C(=O)O. The molecule has 3 N–H and O–H groups in total. The van der Waals surface area contributed by atoms with Crippen LogP contribution in [0, 0.1) is 5.82 Å². The fourth-order valence-electron chi connectivity index (χ4n) is 3.82. The van der Waals surface area contributed by atoms with Gasteiger partial charge in [-0.2, -0.15) is 0 Å². The fourth-order valence-corrected chi connectivity index (χ4v) is 3.82. The Morgan fingerprint density at radius 1 is 1.27 bits per heavy atom. The highest BCUT2D eigenvalue weighted by atomic mass is 19.1. The molecule has 0 bridgehead atoms. The van der Waals surface area contributed by atoms with E-state index in [1.807, 2.05) is 0 Å². The van der Waals surface area contributed by atoms with Crippen LogP contribution in [0.4, 0.5) is 16.2 Å². The average molecular weight is 461 g/mol. The number of methoxy groups -OCH3 is 1. The Morgan fingerprint density at radius 2 is 2.09 bits per heavy atom. The summed E-state index contributed by atoms with van der Waals surface area (Å²) in [5.41, 5.74) is 2.39. The highest BCUT2D eigenvalue weighted by Gasteiger charge is 2.20. The first-order valence-electron chi connectivity index (χ1n) is 11.5. The third-order valence-corrected chi connectivity index (χ3v) is 5.68. The summed E-state index contributed by atoms with van der Waals surface area (Å²) in [5, 5.41) is 15.7. The summed E-state index contributed by atoms with van der Waals surface area (Å²) in [7, 11) is 1.65. The molecule has 33 heavy (non-hydrogen) atoms. The van der Waals surface area contributed by atoms with Crippen LogP contribution in [0.1, 0.15) is 36.9 Å². The van der Waals surface area contributed by atoms with Crippen molar-refractivity contribution in [1.82, 2.24) is 19.9 Å². The van der Waals surface area contributed by atoms with Crippen molar-refractivity contribution in [3.05, 3.63) is 41.6 Å². The maximum Gasteiger partial charge on any atom is 0.326 e. The molecule has 10 heteroatoms. The average Bonchev–Trinajstić information content (AvgIpc) is 2.83. The minimum atomic E-state index is -0.998. The molecule has 0 spiro atoms. The van der Waals surface area contributed by atoms with Crippen molar-refractivity contribution in [3.8, 4) is 0 Å². The Hall–Kier alpha value is -2.85. The molecule has 0 radical (unpaired) electrons. The quantitative estimate of drug-likeness (QED) is 0.366. The van der Waals surface area contributed by atoms with E-state index < -0.39 is 17.8 Å². The number of anilines is 2. The third kappa shape index (κ3) is 8.21. The van der Waals surface area contributed by atoms with Gasteiger partial charge in [0.05, 0.1) is 19.0 Å². The van der Waals surface area contributed by atoms with Crippen LogP contribution in [0.15, 0.2) is 24.5 Å². The summed E-state index contributed by atoms with van der Waals surface area (Å²) in [6.45, 7) is 3.69. The van der Waals surface area contributed by atoms with Crippen molar-refractivity contribution in [2.75, 3.05) is 50.5 Å². The minimum absolute atomic E-state index is 0.0966. The molecule has 3 rings (SSSR count). The molecule has 0 saturated heterocycles. The van der Waals surface area contributed by atoms with E-state index in [2.05, 4.69) is 37.6 Å². The summed E-state index contributed by atoms with van der Waals surface area (Å²) in [6, 6.07) is 3.43. The van der Waals surface area contributed by atoms with Gasteiger partial charge < -0.3 is 25.4 Å². The number of hydrogen-bond donors (Lipinski definition) is 3. The number of hydrogen-bond acceptors (Lipinski definition) is 8. The predicted molar refractivity (Wildman–Crippen MR) is 124 cm³/mol. The molecule has 0 aliphatic carbocycles. The molecule has 1 aliphatic rings. The standard InChI is InChI=1S/C23H33FN6O3/c1-33-14-13-30(12-9-20(22(31)32)29-23-26-15-18(24)16-27-23)11-3-2-6-19-8-7-17-5-4-10-25-21(17)28-19/h7-8,15-16,20H,2-6,9-14H2,1H3,(H,25,28)(H,31,32)(H,26,27,29). The first-order valence-corrected chi connectivity index (χ1v) is 11.5. The molecule has 0 saturated carbocycles. The molecule has 0 aromatic carbocycles. The van der Waals surface area contributed by atoms with Crippen molar-refractivity contribution in [2.24, 2.45) is 0 Å². The zero-order valence-corrected chi connectivity index (χ0v) is 19.1. The molecule has 3 heterocycles. The molecule has 2 aromatic heterocycles. The Bertz CT molecular complexity index is 883. The Balaban J connectivity index is 1.45. The van der Waals surface area contributed by atoms with Crippen LogP contribution in [-0.4, -0.2) is 76.9 Å². The van der Waals surface area contributed by atoms with Gasteiger partial charge in [-0.3, -0.25) is 0 Å². The second kappa shape index (κ2) is 13.0. The molecule has 9 nitrogen and oxygen atoms in total. The van der Waals surface area contributed by atoms with Crippen molar-refractivity contribution in [3.63, 3.8) is 0 Å². The van der Waals surface area contributed by atoms with Crippen LogP contribution in [0.25, 0.3) is 0 Å². The maximum absolute atomic E-state index is 13.0. The van der Waals surface area contributed by atoms with Crippen LogP contribution in [0.5, 0.6) is 0 Å². The molecule has 1 unspecified atom stereocenters. The molecule has 0 fully saturated rings. The number of pyridine rings is 1. The first kappa shape index (κ1) is 24.8. The summed E-state index contributed by atoms with van der Waals surface area (Å²) in [5.74, 6) is -0.446. The molecule has 1 aliphatic heterocycles. The Morgan fingerprint density at radius 3 is 2.85 bits per heavy atom. The highest BCUT2D eigenvalue weighted by molar-refractivity contribution is 5.76. The number of aliphatic carboxylic acids is 1. The van der Waals surface area contributed by atoms with Crippen LogP contribution in [0.3, 0.4) is 0 Å². The Kier molecular flexibility index (Phi) is 9.77. The van der Waals surface area contributed by atoms with Gasteiger partial charge in [0, 0.05) is 32.4 Å². The van der Waals surface area contributed by atoms with Crippen LogP contribution in [0.2, 0.25) is 0 Å². The third-order valence-electron chi connectivity index (χ3n) is 5.68. The number of nitrogens with one attached hydrogen (secondary N) is 2. The summed E-state index contributed by atoms with van der Waals surface area (Å²) in [6.07, 6.45) is 7.50. The van der Waals surface area contributed by atoms with Gasteiger partial charge in [-0.05, 0) is 56.7 Å². The number of carboxylic acid groups (broad SMARTS) is 1. The lowest BCUT2D eigenvalue weighted by atomic mass is 10.1. The topological polar surface area (TPSA) is 113 Å². The molecular weight excluding hydrogens is 427 g/mol. The second-order valence-electron chi connectivity index (χ2n) is 8.18. The van der Waals surface area contributed by atoms with Gasteiger partial charge in [0.2, 0.25) is 5.95 Å². The number of aryl methyl sites for hydroxylation is 2. The van der Waals surface area contributed by atoms with E-state index in [4.69, 9.17) is 9.72 Å². The van der Waals surface area contributed by atoms with E-state index in [9.17, 15) is 14.3 Å². The van der Waals surface area contributed by atoms with E-state index in [1.54, 1.807) is 7.11 Å². The molecule has 2 aromatic rings. The first-order chi connectivity index (χ1) is 16.0. The zero-order valence-electron chi connectivity index (χ0n) is 19.1. The Labute approximate surface area is 193 Å². The lowest BCUT2D eigenvalue weighted by molar-refractivity contribution is -0.138. The zero-order chi connectivity index (χ0) is 23.5. The highest BCUT2D eigenvalue weighted by Crippen LogP contribution is 2.20. The van der Waals surface area contributed by atoms with E-state index in [0.717, 1.165) is 75.6 Å². The number of carboxylic acids is 1. The number of unbranched alkanes of at least 4 members (excludes halogenated alkanes) is 1. The smallest absolute Gasteiger partial charge is 0.326 e. The molecular formula is C23H33FN6O3. The minimum Gasteiger partial charge on any atom is -0.480 e. The van der Waals surface area contributed by atoms with Gasteiger partial charge in [0.25, 0.3) is 0 Å². The van der Waals surface area contributed by atoms with Gasteiger partial charge >= 0.3 is 5.97 Å². The van der Waals surface area contributed by atoms with Crippen molar-refractivity contribution < 1.29 is 19.0 Å². The van der Waals surface area contributed by atoms with E-state index in [-0.39, 0.29) is 5.95 Å². The molecule has 0 amide bonds. The number of ether oxygens (including phenoxy) is 1. The summed E-state index contributed by atoms with van der Waals surface area (Å²) < 4.78 is 18.2. The largest absolute Gasteiger partial charge is 0.480 e. The van der Waals surface area contributed by atoms with Crippen LogP contribution >= 0.6 is 0 Å². The number of aromatic nitrogens is 3. The number of nitrogens with zero attached hydrogens (tertiary/aromatic N) is 4. The summed E-state index contributed by atoms with van der Waals surface area (Å²) in [4.78, 5) is 26.2. The van der Waals surface area contributed by atoms with Crippen molar-refractivity contribution in [2.45, 2.75) is 44.6 Å². The van der Waals surface area contributed by atoms with E-state index >= 15 is 0 Å².